The number of thiophene rings is 1. The Morgan fingerprint density at radius 2 is 1.94 bits per heavy atom. The van der Waals surface area contributed by atoms with Crippen molar-refractivity contribution in [1.82, 2.24) is 0 Å². The van der Waals surface area contributed by atoms with Crippen molar-refractivity contribution in [2.24, 2.45) is 0 Å². The molecule has 0 saturated carbocycles. The van der Waals surface area contributed by atoms with Crippen molar-refractivity contribution in [3.8, 4) is 0 Å². The topological polar surface area (TPSA) is 0 Å². The Bertz CT molecular complexity index is 525. The highest BCUT2D eigenvalue weighted by molar-refractivity contribution is 9.11. The predicted octanol–water partition coefficient (Wildman–Crippen LogP) is 5.47. The van der Waals surface area contributed by atoms with Crippen molar-refractivity contribution in [2.45, 2.75) is 11.2 Å². The fraction of sp³-hybridized carbons (Fsp3) is 0.167. The van der Waals surface area contributed by atoms with Crippen molar-refractivity contribution >= 4 is 43.2 Å². The maximum absolute atomic E-state index is 13.5. The lowest BCUT2D eigenvalue weighted by atomic mass is 10.1. The number of rotatable bonds is 3. The van der Waals surface area contributed by atoms with Crippen LogP contribution >= 0.6 is 43.2 Å². The molecule has 0 aliphatic carbocycles. The largest absolute Gasteiger partial charge is 0.204 e. The summed E-state index contributed by atoms with van der Waals surface area (Å²) in [6, 6.07) is 8.17. The van der Waals surface area contributed by atoms with Gasteiger partial charge in [0.1, 0.15) is 0 Å². The van der Waals surface area contributed by atoms with Crippen LogP contribution in [0.3, 0.4) is 0 Å². The molecule has 2 rings (SSSR count). The Morgan fingerprint density at radius 1 is 1.18 bits per heavy atom. The molecule has 0 bridgehead atoms. The van der Waals surface area contributed by atoms with Crippen LogP contribution in [0.2, 0.25) is 0 Å². The van der Waals surface area contributed by atoms with Crippen LogP contribution in [0.4, 0.5) is 8.78 Å². The molecule has 0 aliphatic rings. The minimum atomic E-state index is -0.797. The van der Waals surface area contributed by atoms with E-state index in [1.165, 1.54) is 6.07 Å². The number of hydrogen-bond donors (Lipinski definition) is 0. The van der Waals surface area contributed by atoms with Gasteiger partial charge in [-0.2, -0.15) is 0 Å². The predicted molar refractivity (Wildman–Crippen MR) is 73.7 cm³/mol. The molecule has 1 heterocycles. The molecule has 1 atom stereocenters. The van der Waals surface area contributed by atoms with Gasteiger partial charge in [0.05, 0.1) is 8.61 Å². The molecule has 1 aromatic heterocycles. The summed E-state index contributed by atoms with van der Waals surface area (Å²) in [6.07, 6.45) is 0.427. The van der Waals surface area contributed by atoms with Crippen molar-refractivity contribution < 1.29 is 8.78 Å². The van der Waals surface area contributed by atoms with E-state index in [-0.39, 0.29) is 4.83 Å². The van der Waals surface area contributed by atoms with E-state index >= 15 is 0 Å². The van der Waals surface area contributed by atoms with E-state index in [1.54, 1.807) is 17.4 Å². The first-order valence-corrected chi connectivity index (χ1v) is 7.42. The van der Waals surface area contributed by atoms with Gasteiger partial charge in [0.15, 0.2) is 11.6 Å². The number of hydrogen-bond acceptors (Lipinski definition) is 1. The first kappa shape index (κ1) is 13.2. The molecule has 0 aliphatic heterocycles. The highest BCUT2D eigenvalue weighted by atomic mass is 79.9. The Morgan fingerprint density at radius 3 is 2.59 bits per heavy atom. The summed E-state index contributed by atoms with van der Waals surface area (Å²) in [4.78, 5) is 1.08. The maximum Gasteiger partial charge on any atom is 0.162 e. The van der Waals surface area contributed by atoms with Crippen LogP contribution < -0.4 is 0 Å². The van der Waals surface area contributed by atoms with Gasteiger partial charge >= 0.3 is 0 Å². The highest BCUT2D eigenvalue weighted by Crippen LogP contribution is 2.35. The molecule has 1 aromatic carbocycles. The van der Waals surface area contributed by atoms with Gasteiger partial charge < -0.3 is 0 Å². The molecule has 0 saturated heterocycles. The molecule has 0 N–H and O–H groups in total. The molecule has 2 aromatic rings. The lowest BCUT2D eigenvalue weighted by Gasteiger charge is -2.08. The fourth-order valence-electron chi connectivity index (χ4n) is 1.50. The molecule has 1 unspecified atom stereocenters. The van der Waals surface area contributed by atoms with E-state index < -0.39 is 11.6 Å². The SMILES string of the molecule is Fc1cccc(CC(Br)c2ccc(Br)s2)c1F. The Hall–Kier alpha value is -0.260. The molecule has 0 nitrogen and oxygen atoms in total. The molecule has 5 heteroatoms. The van der Waals surface area contributed by atoms with Crippen LogP contribution in [0.25, 0.3) is 0 Å². The zero-order valence-electron chi connectivity index (χ0n) is 8.59. The number of halogens is 4. The molecular formula is C12H8Br2F2S. The van der Waals surface area contributed by atoms with Crippen molar-refractivity contribution in [1.29, 1.82) is 0 Å². The summed E-state index contributed by atoms with van der Waals surface area (Å²) in [7, 11) is 0. The Labute approximate surface area is 119 Å². The summed E-state index contributed by atoms with van der Waals surface area (Å²) < 4.78 is 27.5. The third-order valence-corrected chi connectivity index (χ3v) is 5.19. The van der Waals surface area contributed by atoms with Crippen LogP contribution in [0.5, 0.6) is 0 Å². The highest BCUT2D eigenvalue weighted by Gasteiger charge is 2.15. The summed E-state index contributed by atoms with van der Waals surface area (Å²) in [5.74, 6) is -1.55. The first-order chi connectivity index (χ1) is 8.08. The van der Waals surface area contributed by atoms with Gasteiger partial charge in [-0.15, -0.1) is 11.3 Å². The van der Waals surface area contributed by atoms with Crippen LogP contribution in [-0.4, -0.2) is 0 Å². The minimum absolute atomic E-state index is 0.00454. The summed E-state index contributed by atoms with van der Waals surface area (Å²) in [5, 5.41) is 0. The summed E-state index contributed by atoms with van der Waals surface area (Å²) in [6.45, 7) is 0. The summed E-state index contributed by atoms with van der Waals surface area (Å²) >= 11 is 8.45. The van der Waals surface area contributed by atoms with E-state index in [1.807, 2.05) is 12.1 Å². The number of alkyl halides is 1. The van der Waals surface area contributed by atoms with Gasteiger partial charge in [0.25, 0.3) is 0 Å². The zero-order valence-corrected chi connectivity index (χ0v) is 12.6. The number of benzene rings is 1. The van der Waals surface area contributed by atoms with Gasteiger partial charge in [-0.05, 0) is 46.1 Å². The lowest BCUT2D eigenvalue weighted by Crippen LogP contribution is -1.98. The van der Waals surface area contributed by atoms with Crippen LogP contribution in [0, 0.1) is 11.6 Å². The van der Waals surface area contributed by atoms with Crippen molar-refractivity contribution in [3.05, 3.63) is 56.2 Å². The van der Waals surface area contributed by atoms with E-state index in [4.69, 9.17) is 0 Å². The van der Waals surface area contributed by atoms with Crippen LogP contribution in [0.1, 0.15) is 15.3 Å². The minimum Gasteiger partial charge on any atom is -0.204 e. The Balaban J connectivity index is 2.18. The molecule has 0 fully saturated rings. The summed E-state index contributed by atoms with van der Waals surface area (Å²) in [5.41, 5.74) is 0.386. The van der Waals surface area contributed by atoms with Crippen molar-refractivity contribution in [3.63, 3.8) is 0 Å². The second-order valence-electron chi connectivity index (χ2n) is 3.53. The molecule has 0 amide bonds. The second kappa shape index (κ2) is 5.59. The average molecular weight is 382 g/mol. The monoisotopic (exact) mass is 380 g/mol. The van der Waals surface area contributed by atoms with E-state index in [9.17, 15) is 8.78 Å². The average Bonchev–Trinajstić information content (AvgIpc) is 2.72. The van der Waals surface area contributed by atoms with E-state index in [0.29, 0.717) is 12.0 Å². The molecule has 0 radical (unpaired) electrons. The van der Waals surface area contributed by atoms with Gasteiger partial charge in [-0.25, -0.2) is 8.78 Å². The van der Waals surface area contributed by atoms with Gasteiger partial charge in [-0.1, -0.05) is 28.1 Å². The molecule has 17 heavy (non-hydrogen) atoms. The lowest BCUT2D eigenvalue weighted by molar-refractivity contribution is 0.498. The van der Waals surface area contributed by atoms with Crippen LogP contribution in [-0.2, 0) is 6.42 Å². The normalized spacial score (nSPS) is 12.7. The van der Waals surface area contributed by atoms with E-state index in [2.05, 4.69) is 31.9 Å². The first-order valence-electron chi connectivity index (χ1n) is 4.90. The third-order valence-electron chi connectivity index (χ3n) is 2.33. The smallest absolute Gasteiger partial charge is 0.162 e. The molecular weight excluding hydrogens is 374 g/mol. The second-order valence-corrected chi connectivity index (χ2v) is 7.13. The molecule has 0 spiro atoms. The van der Waals surface area contributed by atoms with E-state index in [0.717, 1.165) is 14.7 Å². The molecule has 90 valence electrons. The van der Waals surface area contributed by atoms with Gasteiger partial charge in [0, 0.05) is 4.88 Å². The van der Waals surface area contributed by atoms with Gasteiger partial charge in [-0.3, -0.25) is 0 Å². The van der Waals surface area contributed by atoms with Gasteiger partial charge in [0.2, 0.25) is 0 Å². The zero-order chi connectivity index (χ0) is 12.4. The third kappa shape index (κ3) is 3.14. The van der Waals surface area contributed by atoms with Crippen molar-refractivity contribution in [2.75, 3.05) is 0 Å². The quantitative estimate of drug-likeness (QED) is 0.618. The maximum atomic E-state index is 13.5. The Kier molecular flexibility index (Phi) is 4.33. The van der Waals surface area contributed by atoms with Crippen LogP contribution in [0.15, 0.2) is 34.1 Å². The fourth-order valence-corrected chi connectivity index (χ4v) is 3.68. The standard InChI is InChI=1S/C12H8Br2F2S/c13-8(10-4-5-11(14)17-10)6-7-2-1-3-9(15)12(7)16/h1-5,8H,6H2.